The third kappa shape index (κ3) is 1.92. The van der Waals surface area contributed by atoms with E-state index in [4.69, 9.17) is 0 Å². The van der Waals surface area contributed by atoms with E-state index in [1.165, 1.54) is 0 Å². The highest BCUT2D eigenvalue weighted by atomic mass is 16.4. The highest BCUT2D eigenvalue weighted by Crippen LogP contribution is 2.35. The van der Waals surface area contributed by atoms with Crippen molar-refractivity contribution in [3.8, 4) is 11.4 Å². The Kier molecular flexibility index (Phi) is 3.08. The molecule has 1 atom stereocenters. The summed E-state index contributed by atoms with van der Waals surface area (Å²) in [5.41, 5.74) is 3.24. The third-order valence-corrected chi connectivity index (χ3v) is 4.08. The number of rotatable bonds is 2. The van der Waals surface area contributed by atoms with Gasteiger partial charge in [-0.1, -0.05) is 31.2 Å². The Morgan fingerprint density at radius 2 is 2.15 bits per heavy atom. The van der Waals surface area contributed by atoms with Crippen LogP contribution in [0.1, 0.15) is 47.4 Å². The number of carboxylic acid groups (broad SMARTS) is 1. The summed E-state index contributed by atoms with van der Waals surface area (Å²) in [6.45, 7) is 4.97. The number of hydrogen-bond donors (Lipinski definition) is 1. The molecule has 0 spiro atoms. The van der Waals surface area contributed by atoms with Gasteiger partial charge in [-0.25, -0.2) is 9.78 Å². The fourth-order valence-corrected chi connectivity index (χ4v) is 3.07. The van der Waals surface area contributed by atoms with Gasteiger partial charge >= 0.3 is 5.97 Å². The number of nitrogens with zero attached hydrogens (tertiary/aromatic N) is 2. The van der Waals surface area contributed by atoms with E-state index in [1.807, 2.05) is 31.2 Å². The van der Waals surface area contributed by atoms with Crippen LogP contribution in [0.15, 0.2) is 24.3 Å². The molecule has 0 bridgehead atoms. The number of carbonyl (C=O) groups is 1. The predicted molar refractivity (Wildman–Crippen MR) is 77.0 cm³/mol. The lowest BCUT2D eigenvalue weighted by molar-refractivity contribution is 0.0688. The van der Waals surface area contributed by atoms with E-state index in [0.29, 0.717) is 0 Å². The monoisotopic (exact) mass is 270 g/mol. The maximum Gasteiger partial charge on any atom is 0.356 e. The minimum absolute atomic E-state index is 0.218. The first-order valence-corrected chi connectivity index (χ1v) is 6.99. The zero-order chi connectivity index (χ0) is 14.3. The van der Waals surface area contributed by atoms with Crippen LogP contribution in [0.4, 0.5) is 0 Å². The molecule has 0 radical (unpaired) electrons. The number of aromatic nitrogens is 2. The maximum absolute atomic E-state index is 11.5. The van der Waals surface area contributed by atoms with Gasteiger partial charge < -0.3 is 9.67 Å². The molecule has 1 unspecified atom stereocenters. The largest absolute Gasteiger partial charge is 0.476 e. The van der Waals surface area contributed by atoms with Crippen molar-refractivity contribution in [2.45, 2.75) is 39.2 Å². The number of hydrogen-bond acceptors (Lipinski definition) is 2. The molecule has 104 valence electrons. The standard InChI is InChI=1S/C16H18N2O2/c1-10-6-3-4-8-12(10)15-17-13(16(19)20)14-11(2)7-5-9-18(14)15/h3-4,6,8,11H,5,7,9H2,1-2H3,(H,19,20). The Bertz CT molecular complexity index is 673. The molecule has 0 fully saturated rings. The zero-order valence-electron chi connectivity index (χ0n) is 11.8. The summed E-state index contributed by atoms with van der Waals surface area (Å²) in [4.78, 5) is 15.9. The molecule has 1 aliphatic heterocycles. The van der Waals surface area contributed by atoms with Crippen LogP contribution >= 0.6 is 0 Å². The molecule has 2 heterocycles. The molecule has 2 aromatic rings. The summed E-state index contributed by atoms with van der Waals surface area (Å²) in [7, 11) is 0. The Balaban J connectivity index is 2.25. The number of aromatic carboxylic acids is 1. The predicted octanol–water partition coefficient (Wildman–Crippen LogP) is 3.45. The van der Waals surface area contributed by atoms with Crippen molar-refractivity contribution >= 4 is 5.97 Å². The molecule has 1 N–H and O–H groups in total. The topological polar surface area (TPSA) is 55.1 Å². The van der Waals surface area contributed by atoms with E-state index >= 15 is 0 Å². The second-order valence-corrected chi connectivity index (χ2v) is 5.48. The average molecular weight is 270 g/mol. The quantitative estimate of drug-likeness (QED) is 0.909. The van der Waals surface area contributed by atoms with Crippen molar-refractivity contribution in [1.29, 1.82) is 0 Å². The van der Waals surface area contributed by atoms with Crippen molar-refractivity contribution in [2.75, 3.05) is 0 Å². The van der Waals surface area contributed by atoms with Crippen molar-refractivity contribution in [2.24, 2.45) is 0 Å². The maximum atomic E-state index is 11.5. The van der Waals surface area contributed by atoms with E-state index in [9.17, 15) is 9.90 Å². The van der Waals surface area contributed by atoms with E-state index in [0.717, 1.165) is 42.0 Å². The van der Waals surface area contributed by atoms with Gasteiger partial charge in [-0.3, -0.25) is 0 Å². The number of carboxylic acids is 1. The van der Waals surface area contributed by atoms with E-state index in [1.54, 1.807) is 0 Å². The third-order valence-electron chi connectivity index (χ3n) is 4.08. The van der Waals surface area contributed by atoms with Crippen molar-refractivity contribution < 1.29 is 9.90 Å². The first-order valence-electron chi connectivity index (χ1n) is 6.99. The highest BCUT2D eigenvalue weighted by Gasteiger charge is 2.29. The zero-order valence-corrected chi connectivity index (χ0v) is 11.8. The van der Waals surface area contributed by atoms with Crippen molar-refractivity contribution in [3.63, 3.8) is 0 Å². The van der Waals surface area contributed by atoms with Gasteiger partial charge in [0.2, 0.25) is 0 Å². The van der Waals surface area contributed by atoms with Gasteiger partial charge in [0.1, 0.15) is 5.82 Å². The van der Waals surface area contributed by atoms with Crippen LogP contribution in [0.3, 0.4) is 0 Å². The fourth-order valence-electron chi connectivity index (χ4n) is 3.07. The van der Waals surface area contributed by atoms with Gasteiger partial charge in [-0.15, -0.1) is 0 Å². The van der Waals surface area contributed by atoms with Crippen LogP contribution in [-0.4, -0.2) is 20.6 Å². The van der Waals surface area contributed by atoms with Crippen LogP contribution in [0.2, 0.25) is 0 Å². The lowest BCUT2D eigenvalue weighted by atomic mass is 9.96. The van der Waals surface area contributed by atoms with Crippen LogP contribution < -0.4 is 0 Å². The van der Waals surface area contributed by atoms with Crippen LogP contribution in [0.25, 0.3) is 11.4 Å². The average Bonchev–Trinajstić information content (AvgIpc) is 2.80. The molecule has 1 aromatic heterocycles. The molecule has 0 amide bonds. The summed E-state index contributed by atoms with van der Waals surface area (Å²) in [5, 5.41) is 9.41. The highest BCUT2D eigenvalue weighted by molar-refractivity contribution is 5.88. The fraction of sp³-hybridized carbons (Fsp3) is 0.375. The molecular weight excluding hydrogens is 252 g/mol. The van der Waals surface area contributed by atoms with Gasteiger partial charge in [0.15, 0.2) is 5.69 Å². The number of benzene rings is 1. The molecule has 0 saturated carbocycles. The number of fused-ring (bicyclic) bond motifs is 1. The number of aryl methyl sites for hydroxylation is 1. The summed E-state index contributed by atoms with van der Waals surface area (Å²) in [6.07, 6.45) is 2.10. The molecular formula is C16H18N2O2. The van der Waals surface area contributed by atoms with Crippen LogP contribution in [0.5, 0.6) is 0 Å². The minimum Gasteiger partial charge on any atom is -0.476 e. The van der Waals surface area contributed by atoms with E-state index in [2.05, 4.69) is 16.5 Å². The molecule has 0 aliphatic carbocycles. The number of imidazole rings is 1. The Hall–Kier alpha value is -2.10. The Labute approximate surface area is 118 Å². The smallest absolute Gasteiger partial charge is 0.356 e. The minimum atomic E-state index is -0.928. The van der Waals surface area contributed by atoms with Crippen LogP contribution in [0, 0.1) is 6.92 Å². The molecule has 20 heavy (non-hydrogen) atoms. The Morgan fingerprint density at radius 3 is 2.85 bits per heavy atom. The van der Waals surface area contributed by atoms with Gasteiger partial charge in [-0.2, -0.15) is 0 Å². The molecule has 4 nitrogen and oxygen atoms in total. The van der Waals surface area contributed by atoms with Gasteiger partial charge in [0.25, 0.3) is 0 Å². The lowest BCUT2D eigenvalue weighted by Crippen LogP contribution is -2.16. The summed E-state index contributed by atoms with van der Waals surface area (Å²) >= 11 is 0. The van der Waals surface area contributed by atoms with Crippen molar-refractivity contribution in [3.05, 3.63) is 41.2 Å². The molecule has 0 saturated heterocycles. The SMILES string of the molecule is Cc1ccccc1-c1nc(C(=O)O)c2n1CCCC2C. The molecule has 1 aromatic carbocycles. The summed E-state index contributed by atoms with van der Waals surface area (Å²) < 4.78 is 2.10. The first kappa shape index (κ1) is 12.9. The first-order chi connectivity index (χ1) is 9.59. The van der Waals surface area contributed by atoms with Crippen molar-refractivity contribution in [1.82, 2.24) is 9.55 Å². The van der Waals surface area contributed by atoms with Crippen LogP contribution in [-0.2, 0) is 6.54 Å². The lowest BCUT2D eigenvalue weighted by Gasteiger charge is -2.23. The van der Waals surface area contributed by atoms with Gasteiger partial charge in [0, 0.05) is 12.1 Å². The normalized spacial score (nSPS) is 17.8. The second-order valence-electron chi connectivity index (χ2n) is 5.48. The summed E-state index contributed by atoms with van der Waals surface area (Å²) in [6, 6.07) is 8.00. The molecule has 1 aliphatic rings. The molecule has 4 heteroatoms. The van der Waals surface area contributed by atoms with Gasteiger partial charge in [-0.05, 0) is 31.2 Å². The summed E-state index contributed by atoms with van der Waals surface area (Å²) in [5.74, 6) is 0.115. The van der Waals surface area contributed by atoms with E-state index < -0.39 is 5.97 Å². The Morgan fingerprint density at radius 1 is 1.40 bits per heavy atom. The van der Waals surface area contributed by atoms with E-state index in [-0.39, 0.29) is 11.6 Å². The molecule has 3 rings (SSSR count). The second kappa shape index (κ2) is 4.78. The van der Waals surface area contributed by atoms with Gasteiger partial charge in [0.05, 0.1) is 5.69 Å².